The highest BCUT2D eigenvalue weighted by Crippen LogP contribution is 2.49. The van der Waals surface area contributed by atoms with Crippen molar-refractivity contribution in [3.8, 4) is 11.1 Å². The van der Waals surface area contributed by atoms with Gasteiger partial charge in [0.15, 0.2) is 0 Å². The van der Waals surface area contributed by atoms with E-state index in [0.29, 0.717) is 27.6 Å². The zero-order valence-electron chi connectivity index (χ0n) is 21.6. The minimum absolute atomic E-state index is 0.00609. The van der Waals surface area contributed by atoms with Crippen molar-refractivity contribution < 1.29 is 45.6 Å². The summed E-state index contributed by atoms with van der Waals surface area (Å²) in [5.74, 6) is -3.26. The van der Waals surface area contributed by atoms with Gasteiger partial charge < -0.3 is 14.8 Å². The van der Waals surface area contributed by atoms with E-state index < -0.39 is 40.4 Å². The number of nitrogens with zero attached hydrogens (tertiary/aromatic N) is 2. The summed E-state index contributed by atoms with van der Waals surface area (Å²) in [6.45, 7) is 0. The number of carboxylic acids is 1. The van der Waals surface area contributed by atoms with Crippen LogP contribution in [0.25, 0.3) is 11.1 Å². The van der Waals surface area contributed by atoms with E-state index in [2.05, 4.69) is 0 Å². The maximum atomic E-state index is 13.9. The Morgan fingerprint density at radius 2 is 1.63 bits per heavy atom. The first-order valence-electron chi connectivity index (χ1n) is 12.5. The van der Waals surface area contributed by atoms with Crippen LogP contribution in [0, 0.1) is 0 Å². The number of hydrogen-bond acceptors (Lipinski definition) is 9. The standard InChI is InChI=1S/C28H23FN2O9S/c1-30-20-5-3-2-4-19(20)27(40-41(29,37)38)26-21(30)12-11-18(25(26)28(35)36)17-9-6-16(7-10-17)8-15-24(34)39-31-22(32)13-14-23(31)33/h2-7,9-12,27H,8,13-15H2,1H3,(H,35,36). The van der Waals surface area contributed by atoms with Crippen molar-refractivity contribution in [1.82, 2.24) is 5.06 Å². The number of carbonyl (C=O) groups excluding carboxylic acids is 3. The van der Waals surface area contributed by atoms with Crippen LogP contribution < -0.4 is 4.90 Å². The van der Waals surface area contributed by atoms with Crippen molar-refractivity contribution in [3.05, 3.63) is 82.9 Å². The number of fused-ring (bicyclic) bond motifs is 2. The molecule has 2 aliphatic heterocycles. The van der Waals surface area contributed by atoms with Gasteiger partial charge in [-0.3, -0.25) is 9.59 Å². The Labute approximate surface area is 234 Å². The molecule has 41 heavy (non-hydrogen) atoms. The fourth-order valence-electron chi connectivity index (χ4n) is 5.05. The summed E-state index contributed by atoms with van der Waals surface area (Å²) in [6, 6.07) is 16.3. The summed E-state index contributed by atoms with van der Waals surface area (Å²) >= 11 is 0. The molecule has 0 spiro atoms. The Morgan fingerprint density at radius 1 is 0.976 bits per heavy atom. The van der Waals surface area contributed by atoms with Gasteiger partial charge in [-0.25, -0.2) is 13.8 Å². The summed E-state index contributed by atoms with van der Waals surface area (Å²) in [5.41, 5.74) is 2.27. The lowest BCUT2D eigenvalue weighted by Gasteiger charge is -2.35. The fraction of sp³-hybridized carbons (Fsp3) is 0.214. The molecule has 0 saturated carbocycles. The predicted molar refractivity (Wildman–Crippen MR) is 142 cm³/mol. The third-order valence-corrected chi connectivity index (χ3v) is 7.36. The van der Waals surface area contributed by atoms with Crippen molar-refractivity contribution in [2.45, 2.75) is 31.8 Å². The molecule has 1 N–H and O–H groups in total. The van der Waals surface area contributed by atoms with Crippen LogP contribution in [0.2, 0.25) is 0 Å². The number of aromatic carboxylic acids is 1. The summed E-state index contributed by atoms with van der Waals surface area (Å²) in [4.78, 5) is 54.5. The molecule has 3 aromatic carbocycles. The van der Waals surface area contributed by atoms with Crippen LogP contribution in [0.4, 0.5) is 15.3 Å². The highest BCUT2D eigenvalue weighted by Gasteiger charge is 2.38. The van der Waals surface area contributed by atoms with Gasteiger partial charge in [-0.05, 0) is 35.2 Å². The first-order chi connectivity index (χ1) is 19.4. The molecule has 1 fully saturated rings. The van der Waals surface area contributed by atoms with E-state index in [1.54, 1.807) is 66.5 Å². The van der Waals surface area contributed by atoms with Gasteiger partial charge in [0.1, 0.15) is 6.10 Å². The Hall–Kier alpha value is -4.62. The van der Waals surface area contributed by atoms with Crippen molar-refractivity contribution in [2.24, 2.45) is 0 Å². The van der Waals surface area contributed by atoms with Crippen LogP contribution in [0.15, 0.2) is 60.7 Å². The Kier molecular flexibility index (Phi) is 7.32. The first-order valence-corrected chi connectivity index (χ1v) is 13.8. The number of anilines is 2. The van der Waals surface area contributed by atoms with E-state index in [9.17, 15) is 36.6 Å². The zero-order valence-corrected chi connectivity index (χ0v) is 22.4. The van der Waals surface area contributed by atoms with Gasteiger partial charge in [0.2, 0.25) is 0 Å². The van der Waals surface area contributed by atoms with Gasteiger partial charge in [0.25, 0.3) is 11.8 Å². The van der Waals surface area contributed by atoms with Crippen LogP contribution >= 0.6 is 0 Å². The second-order valence-corrected chi connectivity index (χ2v) is 10.4. The second kappa shape index (κ2) is 10.7. The molecule has 2 heterocycles. The van der Waals surface area contributed by atoms with Crippen LogP contribution in [0.5, 0.6) is 0 Å². The molecule has 0 bridgehead atoms. The van der Waals surface area contributed by atoms with Crippen molar-refractivity contribution in [3.63, 3.8) is 0 Å². The highest BCUT2D eigenvalue weighted by molar-refractivity contribution is 7.81. The molecule has 0 aromatic heterocycles. The number of amides is 2. The molecule has 212 valence electrons. The molecule has 1 atom stereocenters. The number of halogens is 1. The number of rotatable bonds is 8. The van der Waals surface area contributed by atoms with E-state index in [1.807, 2.05) is 0 Å². The Balaban J connectivity index is 1.45. The van der Waals surface area contributed by atoms with Gasteiger partial charge in [-0.2, -0.15) is 8.42 Å². The van der Waals surface area contributed by atoms with E-state index in [4.69, 9.17) is 9.02 Å². The number of hydroxylamine groups is 2. The lowest BCUT2D eigenvalue weighted by molar-refractivity contribution is -0.197. The summed E-state index contributed by atoms with van der Waals surface area (Å²) < 4.78 is 41.9. The molecule has 11 nitrogen and oxygen atoms in total. The number of carbonyl (C=O) groups is 4. The summed E-state index contributed by atoms with van der Waals surface area (Å²) in [6.07, 6.45) is -1.45. The largest absolute Gasteiger partial charge is 0.478 e. The smallest absolute Gasteiger partial charge is 0.438 e. The molecule has 0 aliphatic carbocycles. The molecule has 2 aliphatic rings. The van der Waals surface area contributed by atoms with E-state index >= 15 is 0 Å². The number of carboxylic acid groups (broad SMARTS) is 1. The van der Waals surface area contributed by atoms with E-state index in [0.717, 1.165) is 0 Å². The van der Waals surface area contributed by atoms with Crippen LogP contribution in [0.3, 0.4) is 0 Å². The molecule has 5 rings (SSSR count). The number of para-hydroxylation sites is 1. The number of hydrogen-bond donors (Lipinski definition) is 1. The second-order valence-electron chi connectivity index (χ2n) is 9.46. The van der Waals surface area contributed by atoms with Crippen molar-refractivity contribution in [2.75, 3.05) is 11.9 Å². The van der Waals surface area contributed by atoms with Gasteiger partial charge in [-0.1, -0.05) is 52.4 Å². The highest BCUT2D eigenvalue weighted by atomic mass is 32.3. The normalized spacial score (nSPS) is 16.4. The first kappa shape index (κ1) is 27.9. The molecule has 3 aromatic rings. The van der Waals surface area contributed by atoms with Gasteiger partial charge in [0.05, 0.1) is 12.0 Å². The average Bonchev–Trinajstić information content (AvgIpc) is 3.25. The van der Waals surface area contributed by atoms with Crippen molar-refractivity contribution in [1.29, 1.82) is 0 Å². The molecule has 1 saturated heterocycles. The van der Waals surface area contributed by atoms with E-state index in [1.165, 1.54) is 6.07 Å². The quantitative estimate of drug-likeness (QED) is 0.305. The molecule has 13 heteroatoms. The minimum atomic E-state index is -5.47. The number of benzene rings is 3. The van der Waals surface area contributed by atoms with E-state index in [-0.39, 0.29) is 47.9 Å². The number of aryl methyl sites for hydroxylation is 1. The van der Waals surface area contributed by atoms with Gasteiger partial charge in [0, 0.05) is 42.4 Å². The molecule has 2 amide bonds. The molecule has 1 unspecified atom stereocenters. The monoisotopic (exact) mass is 582 g/mol. The topological polar surface area (TPSA) is 148 Å². The third kappa shape index (κ3) is 5.54. The van der Waals surface area contributed by atoms with Gasteiger partial charge >= 0.3 is 22.4 Å². The van der Waals surface area contributed by atoms with Crippen LogP contribution in [-0.2, 0) is 40.3 Å². The summed E-state index contributed by atoms with van der Waals surface area (Å²) in [7, 11) is -3.79. The minimum Gasteiger partial charge on any atom is -0.478 e. The van der Waals surface area contributed by atoms with Crippen LogP contribution in [-0.4, -0.2) is 49.4 Å². The third-order valence-electron chi connectivity index (χ3n) is 6.93. The predicted octanol–water partition coefficient (Wildman–Crippen LogP) is 3.99. The molecular weight excluding hydrogens is 559 g/mol. The zero-order chi connectivity index (χ0) is 29.5. The Morgan fingerprint density at radius 3 is 2.27 bits per heavy atom. The molecular formula is C28H23FN2O9S. The van der Waals surface area contributed by atoms with Gasteiger partial charge in [-0.15, -0.1) is 5.06 Å². The maximum absolute atomic E-state index is 13.9. The lowest BCUT2D eigenvalue weighted by Crippen LogP contribution is -2.32. The van der Waals surface area contributed by atoms with Crippen LogP contribution in [0.1, 0.15) is 52.4 Å². The Bertz CT molecular complexity index is 1670. The fourth-order valence-corrected chi connectivity index (χ4v) is 5.48. The molecule has 0 radical (unpaired) electrons. The lowest BCUT2D eigenvalue weighted by atomic mass is 9.85. The SMILES string of the molecule is CN1c2ccccc2C(OS(=O)(=O)F)c2c1ccc(-c1ccc(CCC(=O)ON3C(=O)CCC3=O)cc1)c2C(=O)O. The maximum Gasteiger partial charge on any atom is 0.438 e. The average molecular weight is 583 g/mol. The number of imide groups is 1. The van der Waals surface area contributed by atoms with Crippen molar-refractivity contribution >= 4 is 45.6 Å². The summed E-state index contributed by atoms with van der Waals surface area (Å²) in [5, 5.41) is 10.7.